The number of nitrogens with two attached hydrogens (primary N) is 1. The summed E-state index contributed by atoms with van der Waals surface area (Å²) in [6.07, 6.45) is 5.68. The van der Waals surface area contributed by atoms with E-state index in [-0.39, 0.29) is 5.63 Å². The number of piperidine rings is 1. The Morgan fingerprint density at radius 2 is 1.89 bits per heavy atom. The number of benzene rings is 1. The molecular weight excluding hydrogens is 352 g/mol. The third-order valence-corrected chi connectivity index (χ3v) is 6.09. The van der Waals surface area contributed by atoms with Gasteiger partial charge in [-0.1, -0.05) is 0 Å². The van der Waals surface area contributed by atoms with Gasteiger partial charge in [-0.25, -0.2) is 4.79 Å². The lowest BCUT2D eigenvalue weighted by Crippen LogP contribution is -3.15. The van der Waals surface area contributed by atoms with Gasteiger partial charge in [0.25, 0.3) is 0 Å². The van der Waals surface area contributed by atoms with Crippen LogP contribution < -0.4 is 15.8 Å². The number of quaternary nitrogens is 2. The van der Waals surface area contributed by atoms with E-state index in [0.29, 0.717) is 11.6 Å². The van der Waals surface area contributed by atoms with Crippen LogP contribution in [0.4, 0.5) is 0 Å². The maximum Gasteiger partial charge on any atom is 0.336 e. The first-order valence-electron chi connectivity index (χ1n) is 10.4. The lowest BCUT2D eigenvalue weighted by Gasteiger charge is -2.29. The van der Waals surface area contributed by atoms with Crippen LogP contribution in [0, 0.1) is 13.8 Å². The average Bonchev–Trinajstić information content (AvgIpc) is 3.21. The van der Waals surface area contributed by atoms with Crippen molar-refractivity contribution in [2.24, 2.45) is 0 Å². The quantitative estimate of drug-likeness (QED) is 0.640. The van der Waals surface area contributed by atoms with E-state index >= 15 is 0 Å². The molecule has 1 saturated heterocycles. The molecule has 2 aromatic heterocycles. The van der Waals surface area contributed by atoms with Crippen LogP contribution in [0.5, 0.6) is 0 Å². The zero-order valence-electron chi connectivity index (χ0n) is 16.8. The topological polar surface area (TPSA) is 64.4 Å². The SMILES string of the molecule is Cc1cc2oc(=O)cc(C[NH2+]C[C@@H](c3ccco3)[NH+]3CCCCC3)c2cc1C. The van der Waals surface area contributed by atoms with E-state index in [2.05, 4.69) is 24.4 Å². The van der Waals surface area contributed by atoms with E-state index in [1.807, 2.05) is 19.1 Å². The summed E-state index contributed by atoms with van der Waals surface area (Å²) in [7, 11) is 0. The Labute approximate surface area is 165 Å². The second-order valence-electron chi connectivity index (χ2n) is 8.04. The second-order valence-corrected chi connectivity index (χ2v) is 8.04. The minimum atomic E-state index is -0.275. The molecule has 5 heteroatoms. The van der Waals surface area contributed by atoms with E-state index in [4.69, 9.17) is 8.83 Å². The van der Waals surface area contributed by atoms with Crippen LogP contribution in [0.1, 0.15) is 47.8 Å². The molecule has 1 fully saturated rings. The molecule has 3 aromatic rings. The van der Waals surface area contributed by atoms with E-state index in [9.17, 15) is 4.79 Å². The molecule has 4 rings (SSSR count). The van der Waals surface area contributed by atoms with E-state index < -0.39 is 0 Å². The Balaban J connectivity index is 1.53. The van der Waals surface area contributed by atoms with Crippen molar-refractivity contribution in [3.05, 3.63) is 69.5 Å². The Kier molecular flexibility index (Phi) is 5.64. The maximum atomic E-state index is 12.0. The van der Waals surface area contributed by atoms with Crippen LogP contribution in [0.2, 0.25) is 0 Å². The molecule has 1 atom stereocenters. The first-order chi connectivity index (χ1) is 13.6. The summed E-state index contributed by atoms with van der Waals surface area (Å²) in [6, 6.07) is 10.2. The van der Waals surface area contributed by atoms with Crippen molar-refractivity contribution >= 4 is 11.0 Å². The highest BCUT2D eigenvalue weighted by atomic mass is 16.4. The van der Waals surface area contributed by atoms with Gasteiger partial charge in [0.2, 0.25) is 0 Å². The molecule has 5 nitrogen and oxygen atoms in total. The van der Waals surface area contributed by atoms with Gasteiger partial charge >= 0.3 is 5.63 Å². The molecule has 28 heavy (non-hydrogen) atoms. The van der Waals surface area contributed by atoms with Crippen LogP contribution >= 0.6 is 0 Å². The monoisotopic (exact) mass is 382 g/mol. The van der Waals surface area contributed by atoms with Crippen LogP contribution in [0.3, 0.4) is 0 Å². The molecule has 0 spiro atoms. The maximum absolute atomic E-state index is 12.0. The minimum absolute atomic E-state index is 0.275. The molecule has 0 radical (unpaired) electrons. The van der Waals surface area contributed by atoms with E-state index in [1.165, 1.54) is 37.9 Å². The molecule has 1 aliphatic heterocycles. The zero-order valence-corrected chi connectivity index (χ0v) is 16.8. The third kappa shape index (κ3) is 4.05. The van der Waals surface area contributed by atoms with Gasteiger partial charge in [-0.2, -0.15) is 0 Å². The van der Waals surface area contributed by atoms with Crippen molar-refractivity contribution in [2.75, 3.05) is 19.6 Å². The zero-order chi connectivity index (χ0) is 19.5. The van der Waals surface area contributed by atoms with Gasteiger partial charge < -0.3 is 19.1 Å². The number of rotatable bonds is 6. The van der Waals surface area contributed by atoms with Crippen molar-refractivity contribution in [2.45, 2.75) is 45.7 Å². The van der Waals surface area contributed by atoms with Crippen LogP contribution in [0.15, 0.2) is 50.2 Å². The number of aryl methyl sites for hydroxylation is 2. The van der Waals surface area contributed by atoms with Crippen molar-refractivity contribution in [3.8, 4) is 0 Å². The fraction of sp³-hybridized carbons (Fsp3) is 0.435. The average molecular weight is 383 g/mol. The number of fused-ring (bicyclic) bond motifs is 1. The van der Waals surface area contributed by atoms with Gasteiger partial charge in [-0.05, 0) is 68.5 Å². The van der Waals surface area contributed by atoms with Crippen LogP contribution in [0.25, 0.3) is 11.0 Å². The normalized spacial score (nSPS) is 16.5. The molecule has 148 valence electrons. The summed E-state index contributed by atoms with van der Waals surface area (Å²) in [5, 5.41) is 3.34. The van der Waals surface area contributed by atoms with E-state index in [0.717, 1.165) is 35.4 Å². The summed E-state index contributed by atoms with van der Waals surface area (Å²) in [6.45, 7) is 8.25. The number of furan rings is 1. The van der Waals surface area contributed by atoms with Crippen molar-refractivity contribution < 1.29 is 19.1 Å². The summed E-state index contributed by atoms with van der Waals surface area (Å²) in [5.41, 5.74) is 3.81. The number of likely N-dealkylation sites (tertiary alicyclic amines) is 1. The summed E-state index contributed by atoms with van der Waals surface area (Å²) in [5.74, 6) is 1.07. The highest BCUT2D eigenvalue weighted by Crippen LogP contribution is 2.21. The van der Waals surface area contributed by atoms with Crippen molar-refractivity contribution in [3.63, 3.8) is 0 Å². The van der Waals surface area contributed by atoms with Crippen LogP contribution in [-0.2, 0) is 6.54 Å². The lowest BCUT2D eigenvalue weighted by molar-refractivity contribution is -0.951. The smallest absolute Gasteiger partial charge is 0.336 e. The minimum Gasteiger partial charge on any atom is -0.463 e. The highest BCUT2D eigenvalue weighted by Gasteiger charge is 2.29. The van der Waals surface area contributed by atoms with Gasteiger partial charge in [0.05, 0.1) is 19.4 Å². The second kappa shape index (κ2) is 8.33. The summed E-state index contributed by atoms with van der Waals surface area (Å²) >= 11 is 0. The van der Waals surface area contributed by atoms with Gasteiger partial charge in [-0.3, -0.25) is 0 Å². The Hall–Kier alpha value is -2.37. The molecule has 1 aromatic carbocycles. The summed E-state index contributed by atoms with van der Waals surface area (Å²) in [4.78, 5) is 13.6. The number of hydrogen-bond donors (Lipinski definition) is 2. The molecule has 3 heterocycles. The molecule has 0 amide bonds. The fourth-order valence-corrected chi connectivity index (χ4v) is 4.39. The first-order valence-corrected chi connectivity index (χ1v) is 10.4. The largest absolute Gasteiger partial charge is 0.463 e. The predicted octanol–water partition coefficient (Wildman–Crippen LogP) is 1.88. The molecule has 0 aliphatic carbocycles. The van der Waals surface area contributed by atoms with Crippen LogP contribution in [-0.4, -0.2) is 19.6 Å². The fourth-order valence-electron chi connectivity index (χ4n) is 4.39. The van der Waals surface area contributed by atoms with Gasteiger partial charge in [0.1, 0.15) is 18.7 Å². The third-order valence-electron chi connectivity index (χ3n) is 6.09. The highest BCUT2D eigenvalue weighted by molar-refractivity contribution is 5.81. The number of nitrogens with one attached hydrogen (secondary N) is 1. The van der Waals surface area contributed by atoms with Crippen molar-refractivity contribution in [1.29, 1.82) is 0 Å². The molecular formula is C23H30N2O3+2. The predicted molar refractivity (Wildman–Crippen MR) is 108 cm³/mol. The molecule has 0 saturated carbocycles. The van der Waals surface area contributed by atoms with E-state index in [1.54, 1.807) is 17.2 Å². The Bertz CT molecular complexity index is 985. The van der Waals surface area contributed by atoms with Gasteiger partial charge in [0.15, 0.2) is 11.8 Å². The number of hydrogen-bond acceptors (Lipinski definition) is 3. The molecule has 0 bridgehead atoms. The molecule has 0 unspecified atom stereocenters. The summed E-state index contributed by atoms with van der Waals surface area (Å²) < 4.78 is 11.2. The first kappa shape index (κ1) is 19.0. The standard InChI is InChI=1S/C23H28N2O3/c1-16-11-19-18(13-23(26)28-22(19)12-17(16)2)14-24-15-20(21-7-6-10-27-21)25-8-4-3-5-9-25/h6-7,10-13,20,24H,3-5,8-9,14-15H2,1-2H3/p+2/t20-/m0/s1. The lowest BCUT2D eigenvalue weighted by atomic mass is 10.0. The Morgan fingerprint density at radius 3 is 2.64 bits per heavy atom. The van der Waals surface area contributed by atoms with Gasteiger partial charge in [0, 0.05) is 17.0 Å². The Morgan fingerprint density at radius 1 is 1.11 bits per heavy atom. The van der Waals surface area contributed by atoms with Crippen molar-refractivity contribution in [1.82, 2.24) is 0 Å². The van der Waals surface area contributed by atoms with Gasteiger partial charge in [-0.15, -0.1) is 0 Å². The molecule has 1 aliphatic rings. The molecule has 3 N–H and O–H groups in total.